The number of unbranched alkanes of at least 4 members (excludes halogenated alkanes) is 3. The first kappa shape index (κ1) is 40.6. The second-order valence-corrected chi connectivity index (χ2v) is 10.2. The number of aryl methyl sites for hydroxylation is 1. The molecule has 0 spiro atoms. The van der Waals surface area contributed by atoms with Crippen LogP contribution in [-0.2, 0) is 6.42 Å². The van der Waals surface area contributed by atoms with Gasteiger partial charge in [-0.05, 0) is 82.4 Å². The fourth-order valence-corrected chi connectivity index (χ4v) is 4.37. The molecule has 0 aliphatic heterocycles. The molecular formula is C36H66ClN3. The SMILES string of the molecule is C=Cc1ccc(CCCC)c(N(CC/C=C\C)CCN(C/C=C/Cl)CCCCN(CC)CC)c1.CC.CCCC. The van der Waals surface area contributed by atoms with Crippen molar-refractivity contribution in [3.63, 3.8) is 0 Å². The third-order valence-corrected chi connectivity index (χ3v) is 7.20. The van der Waals surface area contributed by atoms with E-state index in [2.05, 4.69) is 99.2 Å². The number of nitrogens with zero attached hydrogens (tertiary/aromatic N) is 3. The molecule has 3 nitrogen and oxygen atoms in total. The van der Waals surface area contributed by atoms with Crippen LogP contribution >= 0.6 is 11.6 Å². The van der Waals surface area contributed by atoms with Crippen molar-refractivity contribution in [3.8, 4) is 0 Å². The monoisotopic (exact) mass is 575 g/mol. The number of benzene rings is 1. The second-order valence-electron chi connectivity index (χ2n) is 9.94. The van der Waals surface area contributed by atoms with Gasteiger partial charge in [0.1, 0.15) is 0 Å². The zero-order chi connectivity index (χ0) is 30.4. The van der Waals surface area contributed by atoms with Crippen molar-refractivity contribution in [1.82, 2.24) is 9.80 Å². The molecule has 0 heterocycles. The third kappa shape index (κ3) is 20.3. The smallest absolute Gasteiger partial charge is 0.0405 e. The van der Waals surface area contributed by atoms with Crippen molar-refractivity contribution in [3.05, 3.63) is 59.7 Å². The van der Waals surface area contributed by atoms with Gasteiger partial charge in [-0.1, -0.05) is 122 Å². The van der Waals surface area contributed by atoms with E-state index in [-0.39, 0.29) is 0 Å². The Balaban J connectivity index is 0. The number of rotatable bonds is 21. The maximum atomic E-state index is 5.89. The average Bonchev–Trinajstić information content (AvgIpc) is 3.01. The van der Waals surface area contributed by atoms with E-state index < -0.39 is 0 Å². The van der Waals surface area contributed by atoms with Crippen LogP contribution in [0.2, 0.25) is 0 Å². The molecule has 0 atom stereocenters. The Morgan fingerprint density at radius 2 is 1.43 bits per heavy atom. The molecule has 1 aromatic carbocycles. The van der Waals surface area contributed by atoms with Gasteiger partial charge in [-0.2, -0.15) is 0 Å². The van der Waals surface area contributed by atoms with Gasteiger partial charge in [0.25, 0.3) is 0 Å². The summed E-state index contributed by atoms with van der Waals surface area (Å²) < 4.78 is 0. The predicted octanol–water partition coefficient (Wildman–Crippen LogP) is 10.5. The molecule has 0 aliphatic carbocycles. The third-order valence-electron chi connectivity index (χ3n) is 7.02. The predicted molar refractivity (Wildman–Crippen MR) is 187 cm³/mol. The Labute approximate surface area is 256 Å². The standard InChI is InChI=1S/C30H50ClN3.C4H10.C2H6/c1-6-11-13-24-34(30-27-28(8-3)18-19-29(30)17-12-7-2)26-25-33(23-16-20-31)22-15-14-21-32(9-4)10-5;1-3-4-2;1-2/h6,8,11,16,18-20,27H,3,7,9-10,12-15,17,21-26H2,1-2,4-5H3;3-4H2,1-2H3;1-2H3/b11-6-,20-16+;;. The van der Waals surface area contributed by atoms with E-state index in [1.807, 2.05) is 19.9 Å². The lowest BCUT2D eigenvalue weighted by molar-refractivity contribution is 0.268. The van der Waals surface area contributed by atoms with Gasteiger partial charge >= 0.3 is 0 Å². The van der Waals surface area contributed by atoms with E-state index in [0.717, 1.165) is 58.7 Å². The Morgan fingerprint density at radius 1 is 0.775 bits per heavy atom. The van der Waals surface area contributed by atoms with Crippen molar-refractivity contribution >= 4 is 23.4 Å². The zero-order valence-electron chi connectivity index (χ0n) is 27.9. The molecule has 0 bridgehead atoms. The van der Waals surface area contributed by atoms with Crippen molar-refractivity contribution in [1.29, 1.82) is 0 Å². The molecule has 232 valence electrons. The minimum Gasteiger partial charge on any atom is -0.370 e. The van der Waals surface area contributed by atoms with Crippen LogP contribution in [0.5, 0.6) is 0 Å². The van der Waals surface area contributed by atoms with Gasteiger partial charge in [0.05, 0.1) is 0 Å². The van der Waals surface area contributed by atoms with Crippen molar-refractivity contribution in [2.45, 2.75) is 107 Å². The maximum Gasteiger partial charge on any atom is 0.0405 e. The van der Waals surface area contributed by atoms with Gasteiger partial charge in [0, 0.05) is 37.4 Å². The number of hydrogen-bond donors (Lipinski definition) is 0. The highest BCUT2D eigenvalue weighted by Crippen LogP contribution is 2.25. The molecule has 1 rings (SSSR count). The van der Waals surface area contributed by atoms with E-state index in [1.165, 1.54) is 61.9 Å². The molecule has 0 amide bonds. The molecule has 40 heavy (non-hydrogen) atoms. The molecule has 0 aliphatic rings. The summed E-state index contributed by atoms with van der Waals surface area (Å²) in [5, 5.41) is 0. The van der Waals surface area contributed by atoms with E-state index in [1.54, 1.807) is 5.54 Å². The lowest BCUT2D eigenvalue weighted by atomic mass is 10.0. The Kier molecular flexibility index (Phi) is 30.9. The van der Waals surface area contributed by atoms with Crippen LogP contribution in [0.25, 0.3) is 6.08 Å². The largest absolute Gasteiger partial charge is 0.370 e. The van der Waals surface area contributed by atoms with E-state index in [4.69, 9.17) is 11.6 Å². The molecular weight excluding hydrogens is 510 g/mol. The Bertz CT molecular complexity index is 738. The zero-order valence-corrected chi connectivity index (χ0v) is 28.6. The molecule has 0 fully saturated rings. The van der Waals surface area contributed by atoms with E-state index in [0.29, 0.717) is 0 Å². The van der Waals surface area contributed by atoms with Crippen LogP contribution < -0.4 is 4.90 Å². The molecule has 0 unspecified atom stereocenters. The van der Waals surface area contributed by atoms with Crippen LogP contribution in [0.15, 0.2) is 48.5 Å². The lowest BCUT2D eigenvalue weighted by Gasteiger charge is -2.31. The molecule has 0 radical (unpaired) electrons. The summed E-state index contributed by atoms with van der Waals surface area (Å²) in [6, 6.07) is 6.85. The van der Waals surface area contributed by atoms with Crippen molar-refractivity contribution < 1.29 is 0 Å². The summed E-state index contributed by atoms with van der Waals surface area (Å²) in [5.74, 6) is 0. The summed E-state index contributed by atoms with van der Waals surface area (Å²) >= 11 is 5.89. The number of hydrogen-bond acceptors (Lipinski definition) is 3. The van der Waals surface area contributed by atoms with Gasteiger partial charge in [-0.3, -0.25) is 4.90 Å². The second kappa shape index (κ2) is 30.4. The normalized spacial score (nSPS) is 11.1. The Morgan fingerprint density at radius 3 is 1.95 bits per heavy atom. The van der Waals surface area contributed by atoms with Crippen LogP contribution in [0, 0.1) is 0 Å². The topological polar surface area (TPSA) is 9.72 Å². The van der Waals surface area contributed by atoms with E-state index in [9.17, 15) is 0 Å². The molecule has 0 N–H and O–H groups in total. The minimum absolute atomic E-state index is 0.910. The van der Waals surface area contributed by atoms with Crippen LogP contribution in [0.4, 0.5) is 5.69 Å². The Hall–Kier alpha value is -1.55. The summed E-state index contributed by atoms with van der Waals surface area (Å²) in [6.07, 6.45) is 18.2. The van der Waals surface area contributed by atoms with Crippen molar-refractivity contribution in [2.24, 2.45) is 0 Å². The van der Waals surface area contributed by atoms with Gasteiger partial charge in [-0.15, -0.1) is 0 Å². The first-order valence-electron chi connectivity index (χ1n) is 16.4. The molecule has 1 aromatic rings. The van der Waals surface area contributed by atoms with E-state index >= 15 is 0 Å². The fourth-order valence-electron chi connectivity index (χ4n) is 4.29. The molecule has 0 saturated carbocycles. The van der Waals surface area contributed by atoms with Crippen molar-refractivity contribution in [2.75, 3.05) is 57.3 Å². The lowest BCUT2D eigenvalue weighted by Crippen LogP contribution is -2.37. The summed E-state index contributed by atoms with van der Waals surface area (Å²) in [5.41, 5.74) is 5.69. The van der Waals surface area contributed by atoms with Gasteiger partial charge < -0.3 is 9.80 Å². The maximum absolute atomic E-state index is 5.89. The first-order chi connectivity index (χ1) is 19.5. The van der Waals surface area contributed by atoms with Gasteiger partial charge in [-0.25, -0.2) is 0 Å². The van der Waals surface area contributed by atoms with Gasteiger partial charge in [0.2, 0.25) is 0 Å². The van der Waals surface area contributed by atoms with Crippen LogP contribution in [0.3, 0.4) is 0 Å². The van der Waals surface area contributed by atoms with Gasteiger partial charge in [0.15, 0.2) is 0 Å². The highest BCUT2D eigenvalue weighted by Gasteiger charge is 2.14. The molecule has 0 saturated heterocycles. The fraction of sp³-hybridized carbons (Fsp3) is 0.667. The minimum atomic E-state index is 0.910. The summed E-state index contributed by atoms with van der Waals surface area (Å²) in [6.45, 7) is 29.8. The average molecular weight is 576 g/mol. The highest BCUT2D eigenvalue weighted by molar-refractivity contribution is 6.25. The van der Waals surface area contributed by atoms with Crippen LogP contribution in [0.1, 0.15) is 111 Å². The highest BCUT2D eigenvalue weighted by atomic mass is 35.5. The molecule has 0 aromatic heterocycles. The number of allylic oxidation sites excluding steroid dienone is 1. The van der Waals surface area contributed by atoms with Crippen LogP contribution in [-0.4, -0.2) is 62.2 Å². The number of halogens is 1. The number of anilines is 1. The molecule has 4 heteroatoms. The summed E-state index contributed by atoms with van der Waals surface area (Å²) in [4.78, 5) is 7.65. The first-order valence-corrected chi connectivity index (χ1v) is 16.8. The quantitative estimate of drug-likeness (QED) is 0.107. The summed E-state index contributed by atoms with van der Waals surface area (Å²) in [7, 11) is 0.